The van der Waals surface area contributed by atoms with Crippen molar-refractivity contribution in [3.63, 3.8) is 0 Å². The molecule has 1 aromatic heterocycles. The van der Waals surface area contributed by atoms with Crippen LogP contribution in [0.1, 0.15) is 21.3 Å². The van der Waals surface area contributed by atoms with E-state index in [1.807, 2.05) is 17.5 Å². The first-order valence-electron chi connectivity index (χ1n) is 7.17. The van der Waals surface area contributed by atoms with Crippen molar-refractivity contribution in [1.29, 1.82) is 0 Å². The molecule has 23 heavy (non-hydrogen) atoms. The number of carbonyl (C=O) groups excluding carboxylic acids is 1. The zero-order valence-electron chi connectivity index (χ0n) is 12.6. The van der Waals surface area contributed by atoms with Gasteiger partial charge in [0.15, 0.2) is 0 Å². The van der Waals surface area contributed by atoms with Crippen LogP contribution in [-0.2, 0) is 4.74 Å². The minimum atomic E-state index is -0.131. The molecule has 0 aliphatic carbocycles. The van der Waals surface area contributed by atoms with Gasteiger partial charge in [-0.25, -0.2) is 0 Å². The zero-order valence-corrected chi connectivity index (χ0v) is 14.2. The van der Waals surface area contributed by atoms with Gasteiger partial charge in [-0.2, -0.15) is 0 Å². The lowest BCUT2D eigenvalue weighted by molar-refractivity contribution is -0.0212. The van der Waals surface area contributed by atoms with Crippen molar-refractivity contribution >= 4 is 34.5 Å². The number of hydrogen-bond acceptors (Lipinski definition) is 5. The number of methoxy groups -OCH3 is 1. The molecule has 0 radical (unpaired) electrons. The SMILES string of the molecule is COc1cc(N)c(Cl)cc1C(=O)N1CCOC(c2cccs2)C1. The molecule has 1 aromatic carbocycles. The second kappa shape index (κ2) is 6.78. The summed E-state index contributed by atoms with van der Waals surface area (Å²) in [4.78, 5) is 15.7. The summed E-state index contributed by atoms with van der Waals surface area (Å²) in [5, 5.41) is 2.35. The van der Waals surface area contributed by atoms with Crippen LogP contribution in [0.4, 0.5) is 5.69 Å². The summed E-state index contributed by atoms with van der Waals surface area (Å²) in [5.41, 5.74) is 6.58. The summed E-state index contributed by atoms with van der Waals surface area (Å²) in [6.07, 6.45) is -0.0945. The maximum atomic E-state index is 12.9. The van der Waals surface area contributed by atoms with E-state index in [0.29, 0.717) is 41.7 Å². The number of nitrogen functional groups attached to an aromatic ring is 1. The largest absolute Gasteiger partial charge is 0.496 e. The normalized spacial score (nSPS) is 18.0. The number of halogens is 1. The molecular formula is C16H17ClN2O3S. The van der Waals surface area contributed by atoms with Gasteiger partial charge in [-0.3, -0.25) is 4.79 Å². The van der Waals surface area contributed by atoms with Crippen LogP contribution in [0.3, 0.4) is 0 Å². The Balaban J connectivity index is 1.84. The van der Waals surface area contributed by atoms with E-state index in [0.717, 1.165) is 4.88 Å². The molecule has 0 spiro atoms. The van der Waals surface area contributed by atoms with E-state index in [1.54, 1.807) is 28.4 Å². The zero-order chi connectivity index (χ0) is 16.4. The Labute approximate surface area is 143 Å². The number of morpholine rings is 1. The molecule has 1 aliphatic heterocycles. The Morgan fingerprint density at radius 1 is 1.52 bits per heavy atom. The fraction of sp³-hybridized carbons (Fsp3) is 0.312. The molecule has 1 atom stereocenters. The highest BCUT2D eigenvalue weighted by Gasteiger charge is 2.28. The lowest BCUT2D eigenvalue weighted by atomic mass is 10.1. The fourth-order valence-electron chi connectivity index (χ4n) is 2.56. The van der Waals surface area contributed by atoms with Gasteiger partial charge in [-0.05, 0) is 17.5 Å². The number of nitrogens with zero attached hydrogens (tertiary/aromatic N) is 1. The number of anilines is 1. The quantitative estimate of drug-likeness (QED) is 0.861. The average molecular weight is 353 g/mol. The topological polar surface area (TPSA) is 64.8 Å². The van der Waals surface area contributed by atoms with Gasteiger partial charge in [0.1, 0.15) is 11.9 Å². The van der Waals surface area contributed by atoms with E-state index in [9.17, 15) is 4.79 Å². The van der Waals surface area contributed by atoms with Gasteiger partial charge < -0.3 is 20.1 Å². The summed E-state index contributed by atoms with van der Waals surface area (Å²) in [5.74, 6) is 0.296. The minimum absolute atomic E-state index is 0.0945. The highest BCUT2D eigenvalue weighted by Crippen LogP contribution is 2.32. The molecule has 1 unspecified atom stereocenters. The van der Waals surface area contributed by atoms with Gasteiger partial charge in [-0.1, -0.05) is 17.7 Å². The molecule has 3 rings (SSSR count). The van der Waals surface area contributed by atoms with Gasteiger partial charge in [0.05, 0.1) is 36.5 Å². The smallest absolute Gasteiger partial charge is 0.257 e. The Kier molecular flexibility index (Phi) is 4.75. The van der Waals surface area contributed by atoms with Gasteiger partial charge in [-0.15, -0.1) is 11.3 Å². The van der Waals surface area contributed by atoms with Crippen LogP contribution in [0.25, 0.3) is 0 Å². The highest BCUT2D eigenvalue weighted by molar-refractivity contribution is 7.10. The minimum Gasteiger partial charge on any atom is -0.496 e. The van der Waals surface area contributed by atoms with Crippen LogP contribution >= 0.6 is 22.9 Å². The van der Waals surface area contributed by atoms with Crippen LogP contribution < -0.4 is 10.5 Å². The molecule has 0 bridgehead atoms. The molecule has 5 nitrogen and oxygen atoms in total. The monoisotopic (exact) mass is 352 g/mol. The number of benzene rings is 1. The number of hydrogen-bond donors (Lipinski definition) is 1. The molecule has 2 aromatic rings. The molecule has 0 saturated carbocycles. The van der Waals surface area contributed by atoms with Crippen molar-refractivity contribution in [1.82, 2.24) is 4.90 Å². The third-order valence-corrected chi connectivity index (χ3v) is 5.06. The molecule has 1 amide bonds. The van der Waals surface area contributed by atoms with Crippen LogP contribution in [0.15, 0.2) is 29.6 Å². The second-order valence-electron chi connectivity index (χ2n) is 5.20. The average Bonchev–Trinajstić information content (AvgIpc) is 3.11. The maximum Gasteiger partial charge on any atom is 0.257 e. The number of ether oxygens (including phenoxy) is 2. The summed E-state index contributed by atoms with van der Waals surface area (Å²) in [7, 11) is 1.51. The lowest BCUT2D eigenvalue weighted by Crippen LogP contribution is -2.42. The van der Waals surface area contributed by atoms with Crippen molar-refractivity contribution in [2.24, 2.45) is 0 Å². The summed E-state index contributed by atoms with van der Waals surface area (Å²) >= 11 is 7.69. The standard InChI is InChI=1S/C16H17ClN2O3S/c1-21-13-8-12(18)11(17)7-10(13)16(20)19-4-5-22-14(9-19)15-3-2-6-23-15/h2-3,6-8,14H,4-5,9,18H2,1H3. The van der Waals surface area contributed by atoms with Crippen LogP contribution in [0.2, 0.25) is 5.02 Å². The summed E-state index contributed by atoms with van der Waals surface area (Å²) in [6.45, 7) is 1.54. The first kappa shape index (κ1) is 16.1. The molecule has 2 heterocycles. The van der Waals surface area contributed by atoms with Crippen molar-refractivity contribution in [3.05, 3.63) is 45.1 Å². The maximum absolute atomic E-state index is 12.9. The van der Waals surface area contributed by atoms with Crippen LogP contribution in [-0.4, -0.2) is 37.6 Å². The predicted molar refractivity (Wildman–Crippen MR) is 91.3 cm³/mol. The van der Waals surface area contributed by atoms with Crippen molar-refractivity contribution in [2.75, 3.05) is 32.5 Å². The van der Waals surface area contributed by atoms with E-state index in [4.69, 9.17) is 26.8 Å². The number of thiophene rings is 1. The molecule has 1 aliphatic rings. The predicted octanol–water partition coefficient (Wildman–Crippen LogP) is 3.21. The Bertz CT molecular complexity index is 706. The molecule has 1 fully saturated rings. The van der Waals surface area contributed by atoms with Gasteiger partial charge in [0.25, 0.3) is 5.91 Å². The highest BCUT2D eigenvalue weighted by atomic mass is 35.5. The van der Waals surface area contributed by atoms with Gasteiger partial charge >= 0.3 is 0 Å². The lowest BCUT2D eigenvalue weighted by Gasteiger charge is -2.33. The van der Waals surface area contributed by atoms with Crippen LogP contribution in [0.5, 0.6) is 5.75 Å². The first-order valence-corrected chi connectivity index (χ1v) is 8.43. The van der Waals surface area contributed by atoms with Gasteiger partial charge in [0.2, 0.25) is 0 Å². The van der Waals surface area contributed by atoms with E-state index < -0.39 is 0 Å². The Morgan fingerprint density at radius 2 is 2.35 bits per heavy atom. The van der Waals surface area contributed by atoms with Crippen LogP contribution in [0, 0.1) is 0 Å². The number of amides is 1. The number of rotatable bonds is 3. The Morgan fingerprint density at radius 3 is 3.04 bits per heavy atom. The third kappa shape index (κ3) is 3.29. The van der Waals surface area contributed by atoms with Crippen molar-refractivity contribution in [2.45, 2.75) is 6.10 Å². The molecule has 122 valence electrons. The Hall–Kier alpha value is -1.76. The number of nitrogens with two attached hydrogens (primary N) is 1. The number of carbonyl (C=O) groups is 1. The van der Waals surface area contributed by atoms with Crippen molar-refractivity contribution < 1.29 is 14.3 Å². The summed E-state index contributed by atoms with van der Waals surface area (Å²) < 4.78 is 11.1. The van der Waals surface area contributed by atoms with E-state index >= 15 is 0 Å². The third-order valence-electron chi connectivity index (χ3n) is 3.76. The molecule has 2 N–H and O–H groups in total. The van der Waals surface area contributed by atoms with E-state index in [-0.39, 0.29) is 12.0 Å². The van der Waals surface area contributed by atoms with E-state index in [2.05, 4.69) is 0 Å². The fourth-order valence-corrected chi connectivity index (χ4v) is 3.49. The second-order valence-corrected chi connectivity index (χ2v) is 6.59. The molecular weight excluding hydrogens is 336 g/mol. The molecule has 7 heteroatoms. The van der Waals surface area contributed by atoms with E-state index in [1.165, 1.54) is 7.11 Å². The van der Waals surface area contributed by atoms with Gasteiger partial charge in [0, 0.05) is 17.5 Å². The molecule has 1 saturated heterocycles. The first-order chi connectivity index (χ1) is 11.1. The van der Waals surface area contributed by atoms with Crippen molar-refractivity contribution in [3.8, 4) is 5.75 Å². The summed E-state index contributed by atoms with van der Waals surface area (Å²) in [6, 6.07) is 7.14.